The maximum Gasteiger partial charge on any atom is 0.259 e. The minimum absolute atomic E-state index is 0.231. The molecule has 8 nitrogen and oxygen atoms in total. The summed E-state index contributed by atoms with van der Waals surface area (Å²) in [6.07, 6.45) is 3.88. The molecule has 0 bridgehead atoms. The van der Waals surface area contributed by atoms with Gasteiger partial charge in [0.25, 0.3) is 5.91 Å². The first-order chi connectivity index (χ1) is 12.1. The predicted molar refractivity (Wildman–Crippen MR) is 90.6 cm³/mol. The molecule has 1 fully saturated rings. The minimum Gasteiger partial charge on any atom is -0.322 e. The molecule has 3 aromatic rings. The normalized spacial score (nSPS) is 13.7. The third-order valence-electron chi connectivity index (χ3n) is 4.16. The number of anilines is 1. The zero-order chi connectivity index (χ0) is 17.4. The van der Waals surface area contributed by atoms with Gasteiger partial charge in [0.05, 0.1) is 16.9 Å². The molecule has 0 radical (unpaired) electrons. The van der Waals surface area contributed by atoms with E-state index in [9.17, 15) is 4.79 Å². The molecule has 4 rings (SSSR count). The Morgan fingerprint density at radius 2 is 2.12 bits per heavy atom. The Labute approximate surface area is 144 Å². The van der Waals surface area contributed by atoms with Crippen LogP contribution < -0.4 is 5.32 Å². The van der Waals surface area contributed by atoms with Gasteiger partial charge in [0.2, 0.25) is 0 Å². The third-order valence-corrected chi connectivity index (χ3v) is 4.16. The van der Waals surface area contributed by atoms with Crippen LogP contribution in [0, 0.1) is 13.8 Å². The Hall–Kier alpha value is -3.16. The Bertz CT molecular complexity index is 946. The summed E-state index contributed by atoms with van der Waals surface area (Å²) in [5, 5.41) is 14.3. The van der Waals surface area contributed by atoms with Gasteiger partial charge in [-0.05, 0) is 55.3 Å². The maximum atomic E-state index is 12.6. The van der Waals surface area contributed by atoms with Crippen molar-refractivity contribution in [1.82, 2.24) is 30.2 Å². The van der Waals surface area contributed by atoms with Crippen molar-refractivity contribution >= 4 is 11.6 Å². The highest BCUT2D eigenvalue weighted by Gasteiger charge is 2.27. The summed E-state index contributed by atoms with van der Waals surface area (Å²) in [6.45, 7) is 3.65. The number of rotatable bonds is 4. The number of nitrogens with one attached hydrogen (secondary N) is 1. The summed E-state index contributed by atoms with van der Waals surface area (Å²) in [7, 11) is 0. The Kier molecular flexibility index (Phi) is 3.72. The molecule has 0 unspecified atom stereocenters. The second-order valence-electron chi connectivity index (χ2n) is 6.14. The van der Waals surface area contributed by atoms with E-state index in [4.69, 9.17) is 0 Å². The van der Waals surface area contributed by atoms with Crippen LogP contribution in [0.3, 0.4) is 0 Å². The molecule has 1 amide bonds. The molecule has 1 aliphatic rings. The topological polar surface area (TPSA) is 98.5 Å². The highest BCUT2D eigenvalue weighted by atomic mass is 16.1. The SMILES string of the molecule is Cc1nc(C2CC2)ncc1C(=O)Nc1cccc(-n2nnnc2C)c1. The van der Waals surface area contributed by atoms with Crippen molar-refractivity contribution < 1.29 is 4.79 Å². The molecule has 8 heteroatoms. The molecule has 2 heterocycles. The lowest BCUT2D eigenvalue weighted by molar-refractivity contribution is 0.102. The quantitative estimate of drug-likeness (QED) is 0.785. The molecule has 1 aliphatic carbocycles. The number of aromatic nitrogens is 6. The summed E-state index contributed by atoms with van der Waals surface area (Å²) in [4.78, 5) is 21.4. The van der Waals surface area contributed by atoms with E-state index in [1.165, 1.54) is 0 Å². The van der Waals surface area contributed by atoms with Crippen LogP contribution in [0.4, 0.5) is 5.69 Å². The molecule has 1 aromatic carbocycles. The molecule has 25 heavy (non-hydrogen) atoms. The fourth-order valence-corrected chi connectivity index (χ4v) is 2.63. The summed E-state index contributed by atoms with van der Waals surface area (Å²) in [5.74, 6) is 1.74. The van der Waals surface area contributed by atoms with Gasteiger partial charge in [0.15, 0.2) is 5.82 Å². The number of amides is 1. The number of nitrogens with zero attached hydrogens (tertiary/aromatic N) is 6. The highest BCUT2D eigenvalue weighted by molar-refractivity contribution is 6.04. The fraction of sp³-hybridized carbons (Fsp3) is 0.294. The van der Waals surface area contributed by atoms with Gasteiger partial charge in [0, 0.05) is 17.8 Å². The van der Waals surface area contributed by atoms with E-state index in [-0.39, 0.29) is 5.91 Å². The zero-order valence-electron chi connectivity index (χ0n) is 14.0. The summed E-state index contributed by atoms with van der Waals surface area (Å²) >= 11 is 0. The zero-order valence-corrected chi connectivity index (χ0v) is 14.0. The average molecular weight is 335 g/mol. The van der Waals surface area contributed by atoms with Crippen molar-refractivity contribution in [3.05, 3.63) is 53.4 Å². The van der Waals surface area contributed by atoms with E-state index in [0.29, 0.717) is 28.7 Å². The highest BCUT2D eigenvalue weighted by Crippen LogP contribution is 2.37. The van der Waals surface area contributed by atoms with Gasteiger partial charge >= 0.3 is 0 Å². The van der Waals surface area contributed by atoms with Crippen LogP contribution in [0.5, 0.6) is 0 Å². The second kappa shape index (κ2) is 6.04. The largest absolute Gasteiger partial charge is 0.322 e. The molecule has 1 saturated carbocycles. The molecule has 0 atom stereocenters. The molecule has 0 spiro atoms. The minimum atomic E-state index is -0.231. The van der Waals surface area contributed by atoms with Gasteiger partial charge in [-0.15, -0.1) is 5.10 Å². The van der Waals surface area contributed by atoms with Crippen molar-refractivity contribution in [1.29, 1.82) is 0 Å². The van der Waals surface area contributed by atoms with E-state index < -0.39 is 0 Å². The monoisotopic (exact) mass is 335 g/mol. The summed E-state index contributed by atoms with van der Waals surface area (Å²) in [6, 6.07) is 7.34. The molecule has 0 saturated heterocycles. The number of hydrogen-bond donors (Lipinski definition) is 1. The van der Waals surface area contributed by atoms with Gasteiger partial charge in [-0.25, -0.2) is 9.97 Å². The van der Waals surface area contributed by atoms with Crippen LogP contribution >= 0.6 is 0 Å². The standard InChI is InChI=1S/C17H17N7O/c1-10-15(9-18-16(19-10)12-6-7-12)17(25)20-13-4-3-5-14(8-13)24-11(2)21-22-23-24/h3-5,8-9,12H,6-7H2,1-2H3,(H,20,25). The van der Waals surface area contributed by atoms with Crippen molar-refractivity contribution in [2.45, 2.75) is 32.6 Å². The first-order valence-corrected chi connectivity index (χ1v) is 8.12. The lowest BCUT2D eigenvalue weighted by atomic mass is 10.2. The number of carbonyl (C=O) groups excluding carboxylic acids is 1. The molecule has 2 aromatic heterocycles. The van der Waals surface area contributed by atoms with Crippen molar-refractivity contribution in [3.63, 3.8) is 0 Å². The van der Waals surface area contributed by atoms with E-state index in [0.717, 1.165) is 24.4 Å². The van der Waals surface area contributed by atoms with E-state index in [2.05, 4.69) is 30.8 Å². The van der Waals surface area contributed by atoms with Gasteiger partial charge in [0.1, 0.15) is 5.82 Å². The van der Waals surface area contributed by atoms with Crippen molar-refractivity contribution in [2.24, 2.45) is 0 Å². The van der Waals surface area contributed by atoms with Crippen LogP contribution in [0.2, 0.25) is 0 Å². The van der Waals surface area contributed by atoms with Crippen LogP contribution in [-0.2, 0) is 0 Å². The molecular weight excluding hydrogens is 318 g/mol. The third kappa shape index (κ3) is 3.10. The molecule has 1 N–H and O–H groups in total. The number of benzene rings is 1. The summed E-state index contributed by atoms with van der Waals surface area (Å²) in [5.41, 5.74) is 2.61. The average Bonchev–Trinajstić information content (AvgIpc) is 3.36. The Morgan fingerprint density at radius 3 is 2.80 bits per heavy atom. The van der Waals surface area contributed by atoms with Crippen molar-refractivity contribution in [2.75, 3.05) is 5.32 Å². The van der Waals surface area contributed by atoms with E-state index in [1.54, 1.807) is 10.9 Å². The first-order valence-electron chi connectivity index (χ1n) is 8.12. The second-order valence-corrected chi connectivity index (χ2v) is 6.14. The van der Waals surface area contributed by atoms with Crippen LogP contribution in [-0.4, -0.2) is 36.1 Å². The maximum absolute atomic E-state index is 12.6. The van der Waals surface area contributed by atoms with Gasteiger partial charge in [-0.3, -0.25) is 4.79 Å². The van der Waals surface area contributed by atoms with Crippen LogP contribution in [0.25, 0.3) is 5.69 Å². The molecule has 126 valence electrons. The molecule has 0 aliphatic heterocycles. The van der Waals surface area contributed by atoms with E-state index >= 15 is 0 Å². The smallest absolute Gasteiger partial charge is 0.259 e. The van der Waals surface area contributed by atoms with Gasteiger partial charge < -0.3 is 5.32 Å². The van der Waals surface area contributed by atoms with Gasteiger partial charge in [-0.1, -0.05) is 6.07 Å². The lowest BCUT2D eigenvalue weighted by Gasteiger charge is -2.09. The van der Waals surface area contributed by atoms with E-state index in [1.807, 2.05) is 38.1 Å². The Balaban J connectivity index is 1.56. The first kappa shape index (κ1) is 15.4. The van der Waals surface area contributed by atoms with Crippen LogP contribution in [0.1, 0.15) is 46.5 Å². The van der Waals surface area contributed by atoms with Crippen LogP contribution in [0.15, 0.2) is 30.5 Å². The molecular formula is C17H17N7O. The number of carbonyl (C=O) groups is 1. The predicted octanol–water partition coefficient (Wildman–Crippen LogP) is 2.20. The van der Waals surface area contributed by atoms with Gasteiger partial charge in [-0.2, -0.15) is 4.68 Å². The number of hydrogen-bond acceptors (Lipinski definition) is 6. The fourth-order valence-electron chi connectivity index (χ4n) is 2.63. The number of tetrazole rings is 1. The number of aryl methyl sites for hydroxylation is 2. The lowest BCUT2D eigenvalue weighted by Crippen LogP contribution is -2.15. The van der Waals surface area contributed by atoms with Crippen molar-refractivity contribution in [3.8, 4) is 5.69 Å². The Morgan fingerprint density at radius 1 is 1.28 bits per heavy atom. The summed E-state index contributed by atoms with van der Waals surface area (Å²) < 4.78 is 1.61.